The quantitative estimate of drug-likeness (QED) is 0.593. The Morgan fingerprint density at radius 2 is 2.90 bits per heavy atom. The average Bonchev–Trinajstić information content (AvgIpc) is 2.34. The zero-order chi connectivity index (χ0) is 9.90. The molecule has 1 aliphatic heterocycles. The van der Waals surface area contributed by atoms with Crippen molar-refractivity contribution >= 4 is 6.09 Å². The lowest BCUT2D eigenvalue weighted by molar-refractivity contribution is 0.158. The first-order valence-corrected chi connectivity index (χ1v) is 3.16. The van der Waals surface area contributed by atoms with Gasteiger partial charge >= 0.3 is 6.09 Å². The van der Waals surface area contributed by atoms with Gasteiger partial charge in [-0.15, -0.1) is 0 Å². The minimum absolute atomic E-state index is 0.256. The van der Waals surface area contributed by atoms with E-state index in [4.69, 9.17) is 4.11 Å². The van der Waals surface area contributed by atoms with Crippen LogP contribution in [0.15, 0.2) is 0 Å². The van der Waals surface area contributed by atoms with Gasteiger partial charge in [0.1, 0.15) is 6.61 Å². The number of cyclic esters (lactones) is 1. The van der Waals surface area contributed by atoms with Gasteiger partial charge in [0, 0.05) is 17.2 Å². The molecule has 1 rings (SSSR count). The van der Waals surface area contributed by atoms with Crippen LogP contribution in [0.3, 0.4) is 0 Å². The second-order valence-electron chi connectivity index (χ2n) is 2.03. The lowest BCUT2D eigenvalue weighted by Crippen LogP contribution is -2.31. The van der Waals surface area contributed by atoms with Crippen LogP contribution in [-0.4, -0.2) is 44.2 Å². The molecule has 58 valence electrons. The van der Waals surface area contributed by atoms with Crippen LogP contribution < -0.4 is 5.32 Å². The van der Waals surface area contributed by atoms with Crippen LogP contribution in [0, 0.1) is 0 Å². The van der Waals surface area contributed by atoms with Crippen LogP contribution in [0.4, 0.5) is 4.79 Å². The van der Waals surface area contributed by atoms with Crippen LogP contribution in [0.5, 0.6) is 0 Å². The third-order valence-corrected chi connectivity index (χ3v) is 1.35. The van der Waals surface area contributed by atoms with E-state index < -0.39 is 6.98 Å². The van der Waals surface area contributed by atoms with Crippen LogP contribution >= 0.6 is 0 Å². The van der Waals surface area contributed by atoms with Crippen LogP contribution in [0.1, 0.15) is 4.11 Å². The Kier molecular flexibility index (Phi) is 1.43. The first-order valence-electron chi connectivity index (χ1n) is 4.66. The molecule has 0 unspecified atom stereocenters. The van der Waals surface area contributed by atoms with Gasteiger partial charge in [-0.1, -0.05) is 0 Å². The van der Waals surface area contributed by atoms with E-state index >= 15 is 0 Å². The topological polar surface area (TPSA) is 41.6 Å². The van der Waals surface area contributed by atoms with E-state index in [1.807, 2.05) is 0 Å². The summed E-state index contributed by atoms with van der Waals surface area (Å²) in [7, 11) is 0. The van der Waals surface area contributed by atoms with E-state index in [1.165, 1.54) is 4.90 Å². The maximum Gasteiger partial charge on any atom is 0.409 e. The molecule has 0 atom stereocenters. The van der Waals surface area contributed by atoms with Gasteiger partial charge < -0.3 is 15.0 Å². The zero-order valence-corrected chi connectivity index (χ0v) is 5.59. The van der Waals surface area contributed by atoms with Crippen molar-refractivity contribution in [2.45, 2.75) is 0 Å². The molecule has 0 bridgehead atoms. The fraction of sp³-hybridized carbons (Fsp3) is 0.833. The van der Waals surface area contributed by atoms with Crippen molar-refractivity contribution in [3.05, 3.63) is 0 Å². The molecular weight excluding hydrogens is 132 g/mol. The molecule has 0 radical (unpaired) electrons. The average molecular weight is 147 g/mol. The molecule has 1 N–H and O–H groups in total. The Hall–Kier alpha value is -0.770. The number of nitrogens with one attached hydrogen (secondary N) is 1. The summed E-state index contributed by atoms with van der Waals surface area (Å²) in [5.74, 6) is 0. The number of rotatable bonds is 3. The summed E-state index contributed by atoms with van der Waals surface area (Å²) in [5, 5.41) is 2.32. The summed E-state index contributed by atoms with van der Waals surface area (Å²) in [6, 6.07) is 0. The summed E-state index contributed by atoms with van der Waals surface area (Å²) < 4.78 is 25.2. The monoisotopic (exact) mass is 147 g/mol. The van der Waals surface area contributed by atoms with Gasteiger partial charge in [0.05, 0.1) is 6.54 Å². The van der Waals surface area contributed by atoms with Crippen LogP contribution in [0.2, 0.25) is 0 Å². The standard InChI is InChI=1S/C6H12N2O2/c1-7-2-3-8-4-5-10-6(8)9/h7H,2-5H2,1H3/i1D3. The Balaban J connectivity index is 2.16. The number of nitrogens with zero attached hydrogens (tertiary/aromatic N) is 1. The van der Waals surface area contributed by atoms with E-state index in [1.54, 1.807) is 0 Å². The van der Waals surface area contributed by atoms with Gasteiger partial charge in [0.25, 0.3) is 0 Å². The highest BCUT2D eigenvalue weighted by Gasteiger charge is 2.20. The van der Waals surface area contributed by atoms with Gasteiger partial charge in [-0.25, -0.2) is 4.79 Å². The van der Waals surface area contributed by atoms with Gasteiger partial charge in [0.15, 0.2) is 0 Å². The number of carbonyl (C=O) groups excluding carboxylic acids is 1. The predicted molar refractivity (Wildman–Crippen MR) is 36.8 cm³/mol. The first-order chi connectivity index (χ1) is 5.99. The van der Waals surface area contributed by atoms with E-state index in [-0.39, 0.29) is 12.6 Å². The van der Waals surface area contributed by atoms with E-state index in [9.17, 15) is 4.79 Å². The van der Waals surface area contributed by atoms with Crippen molar-refractivity contribution in [2.75, 3.05) is 33.2 Å². The third kappa shape index (κ3) is 1.60. The number of likely N-dealkylation sites (N-methyl/N-ethyl adjacent to an activating group) is 1. The van der Waals surface area contributed by atoms with Crippen molar-refractivity contribution in [3.63, 3.8) is 0 Å². The molecule has 1 fully saturated rings. The predicted octanol–water partition coefficient (Wildman–Crippen LogP) is -0.342. The molecule has 4 heteroatoms. The first kappa shape index (κ1) is 4.18. The highest BCUT2D eigenvalue weighted by molar-refractivity contribution is 5.69. The molecular formula is C6H12N2O2. The van der Waals surface area contributed by atoms with Crippen LogP contribution in [0.25, 0.3) is 0 Å². The Morgan fingerprint density at radius 3 is 3.50 bits per heavy atom. The summed E-state index contributed by atoms with van der Waals surface area (Å²) >= 11 is 0. The second kappa shape index (κ2) is 3.41. The summed E-state index contributed by atoms with van der Waals surface area (Å²) in [5.41, 5.74) is 0. The molecule has 1 aliphatic rings. The van der Waals surface area contributed by atoms with Crippen molar-refractivity contribution in [2.24, 2.45) is 0 Å². The van der Waals surface area contributed by atoms with Gasteiger partial charge in [-0.05, 0) is 6.98 Å². The maximum atomic E-state index is 10.9. The largest absolute Gasteiger partial charge is 0.448 e. The molecule has 0 aromatic rings. The van der Waals surface area contributed by atoms with Crippen molar-refractivity contribution in [1.82, 2.24) is 10.2 Å². The highest BCUT2D eigenvalue weighted by Crippen LogP contribution is 2.00. The zero-order valence-electron chi connectivity index (χ0n) is 8.59. The molecule has 0 aromatic carbocycles. The minimum atomic E-state index is -2.14. The highest BCUT2D eigenvalue weighted by atomic mass is 16.6. The van der Waals surface area contributed by atoms with Gasteiger partial charge in [-0.3, -0.25) is 0 Å². The van der Waals surface area contributed by atoms with Crippen molar-refractivity contribution < 1.29 is 13.6 Å². The number of carbonyl (C=O) groups is 1. The normalized spacial score (nSPS) is 23.4. The minimum Gasteiger partial charge on any atom is -0.448 e. The molecule has 0 spiro atoms. The summed E-state index contributed by atoms with van der Waals surface area (Å²) in [6.07, 6.45) is -0.368. The lowest BCUT2D eigenvalue weighted by Gasteiger charge is -2.10. The molecule has 0 aliphatic carbocycles. The molecule has 0 aromatic heterocycles. The number of hydrogen-bond donors (Lipinski definition) is 1. The summed E-state index contributed by atoms with van der Waals surface area (Å²) in [4.78, 5) is 12.3. The Labute approximate surface area is 64.4 Å². The number of hydrogen-bond acceptors (Lipinski definition) is 3. The number of amides is 1. The van der Waals surface area contributed by atoms with Crippen molar-refractivity contribution in [1.29, 1.82) is 0 Å². The Bertz CT molecular complexity index is 195. The second-order valence-corrected chi connectivity index (χ2v) is 2.03. The lowest BCUT2D eigenvalue weighted by atomic mass is 10.5. The smallest absolute Gasteiger partial charge is 0.409 e. The van der Waals surface area contributed by atoms with E-state index in [2.05, 4.69) is 10.1 Å². The SMILES string of the molecule is [2H]C([2H])([2H])NCCN1CCOC1=O. The van der Waals surface area contributed by atoms with Gasteiger partial charge in [-0.2, -0.15) is 0 Å². The maximum absolute atomic E-state index is 10.9. The molecule has 1 amide bonds. The molecule has 1 saturated heterocycles. The third-order valence-electron chi connectivity index (χ3n) is 1.35. The molecule has 0 saturated carbocycles. The van der Waals surface area contributed by atoms with Crippen LogP contribution in [-0.2, 0) is 4.74 Å². The molecule has 1 heterocycles. The molecule has 10 heavy (non-hydrogen) atoms. The summed E-state index contributed by atoms with van der Waals surface area (Å²) in [6.45, 7) is -0.569. The molecule has 4 nitrogen and oxygen atoms in total. The number of ether oxygens (including phenoxy) is 1. The Morgan fingerprint density at radius 1 is 2.00 bits per heavy atom. The van der Waals surface area contributed by atoms with Crippen molar-refractivity contribution in [3.8, 4) is 0 Å². The van der Waals surface area contributed by atoms with E-state index in [0.29, 0.717) is 19.7 Å². The van der Waals surface area contributed by atoms with E-state index in [0.717, 1.165) is 0 Å². The van der Waals surface area contributed by atoms with Gasteiger partial charge in [0.2, 0.25) is 0 Å². The fourth-order valence-corrected chi connectivity index (χ4v) is 0.820. The fourth-order valence-electron chi connectivity index (χ4n) is 0.820.